The lowest BCUT2D eigenvalue weighted by Gasteiger charge is -2.27. The van der Waals surface area contributed by atoms with Gasteiger partial charge in [-0.25, -0.2) is 8.78 Å². The summed E-state index contributed by atoms with van der Waals surface area (Å²) in [6.45, 7) is 2.21. The summed E-state index contributed by atoms with van der Waals surface area (Å²) >= 11 is 0. The number of halogens is 5. The Balaban J connectivity index is 1.50. The van der Waals surface area contributed by atoms with E-state index >= 15 is 0 Å². The lowest BCUT2D eigenvalue weighted by Crippen LogP contribution is -2.19. The van der Waals surface area contributed by atoms with Crippen molar-refractivity contribution in [1.82, 2.24) is 0 Å². The summed E-state index contributed by atoms with van der Waals surface area (Å²) in [7, 11) is 0. The van der Waals surface area contributed by atoms with Crippen LogP contribution < -0.4 is 4.74 Å². The number of unbranched alkanes of at least 4 members (excludes halogenated alkanes) is 2. The largest absolute Gasteiger partial charge is 0.573 e. The van der Waals surface area contributed by atoms with Crippen LogP contribution in [0.3, 0.4) is 0 Å². The second-order valence-electron chi connectivity index (χ2n) is 8.76. The number of allylic oxidation sites excluding steroid dienone is 2. The Labute approximate surface area is 198 Å². The first kappa shape index (κ1) is 25.8. The summed E-state index contributed by atoms with van der Waals surface area (Å²) in [5.74, 6) is 1.85. The van der Waals surface area contributed by atoms with Gasteiger partial charge in [0.1, 0.15) is 0 Å². The third kappa shape index (κ3) is 7.90. The minimum atomic E-state index is -5.17. The van der Waals surface area contributed by atoms with Crippen LogP contribution in [0.2, 0.25) is 0 Å². The SMILES string of the molecule is CCCCCc1ccc(C2CCC(C=CC#Cc3cc(F)c(OC(F)(F)F)c(F)c3)CC2)cc1. The van der Waals surface area contributed by atoms with Gasteiger partial charge in [0.05, 0.1) is 0 Å². The number of rotatable bonds is 7. The molecule has 0 bridgehead atoms. The normalized spacial score (nSPS) is 18.5. The molecule has 2 aromatic rings. The second-order valence-corrected chi connectivity index (χ2v) is 8.76. The van der Waals surface area contributed by atoms with Gasteiger partial charge in [-0.1, -0.05) is 61.9 Å². The van der Waals surface area contributed by atoms with Crippen molar-refractivity contribution in [2.24, 2.45) is 5.92 Å². The third-order valence-electron chi connectivity index (χ3n) is 6.18. The zero-order chi connectivity index (χ0) is 24.6. The van der Waals surface area contributed by atoms with Gasteiger partial charge < -0.3 is 4.74 Å². The van der Waals surface area contributed by atoms with Gasteiger partial charge in [0.2, 0.25) is 5.75 Å². The number of aryl methyl sites for hydroxylation is 1. The van der Waals surface area contributed by atoms with E-state index in [0.29, 0.717) is 11.8 Å². The average Bonchev–Trinajstić information content (AvgIpc) is 2.80. The predicted octanol–water partition coefficient (Wildman–Crippen LogP) is 8.48. The molecule has 0 amide bonds. The van der Waals surface area contributed by atoms with Crippen molar-refractivity contribution in [3.63, 3.8) is 0 Å². The molecule has 0 saturated heterocycles. The van der Waals surface area contributed by atoms with Gasteiger partial charge >= 0.3 is 6.36 Å². The van der Waals surface area contributed by atoms with Crippen LogP contribution in [0.5, 0.6) is 5.75 Å². The van der Waals surface area contributed by atoms with Gasteiger partial charge in [-0.05, 0) is 79.7 Å². The zero-order valence-electron chi connectivity index (χ0n) is 19.2. The number of benzene rings is 2. The van der Waals surface area contributed by atoms with Crippen LogP contribution in [0.4, 0.5) is 22.0 Å². The van der Waals surface area contributed by atoms with Crippen molar-refractivity contribution in [2.75, 3.05) is 0 Å². The Morgan fingerprint density at radius 3 is 2.21 bits per heavy atom. The second kappa shape index (κ2) is 12.1. The molecule has 1 saturated carbocycles. The average molecular weight is 477 g/mol. The highest BCUT2D eigenvalue weighted by atomic mass is 19.4. The summed E-state index contributed by atoms with van der Waals surface area (Å²) in [4.78, 5) is 0. The number of alkyl halides is 3. The molecule has 3 rings (SSSR count). The van der Waals surface area contributed by atoms with E-state index in [0.717, 1.165) is 44.2 Å². The molecule has 1 nitrogen and oxygen atoms in total. The van der Waals surface area contributed by atoms with Gasteiger partial charge in [-0.2, -0.15) is 0 Å². The van der Waals surface area contributed by atoms with Crippen LogP contribution in [0.1, 0.15) is 74.5 Å². The number of hydrogen-bond donors (Lipinski definition) is 0. The van der Waals surface area contributed by atoms with E-state index < -0.39 is 23.7 Å². The monoisotopic (exact) mass is 476 g/mol. The minimum absolute atomic E-state index is 0.0592. The summed E-state index contributed by atoms with van der Waals surface area (Å²) in [5.41, 5.74) is 2.73. The van der Waals surface area contributed by atoms with Gasteiger partial charge in [0, 0.05) is 5.56 Å². The molecule has 0 spiro atoms. The van der Waals surface area contributed by atoms with Crippen LogP contribution in [-0.2, 0) is 6.42 Å². The third-order valence-corrected chi connectivity index (χ3v) is 6.18. The molecule has 1 aliphatic carbocycles. The lowest BCUT2D eigenvalue weighted by atomic mass is 9.78. The molecule has 0 unspecified atom stereocenters. The van der Waals surface area contributed by atoms with Crippen LogP contribution in [-0.4, -0.2) is 6.36 Å². The quantitative estimate of drug-likeness (QED) is 0.221. The fraction of sp³-hybridized carbons (Fsp3) is 0.429. The van der Waals surface area contributed by atoms with Crippen molar-refractivity contribution in [3.05, 3.63) is 76.9 Å². The Bertz CT molecular complexity index is 996. The van der Waals surface area contributed by atoms with E-state index in [4.69, 9.17) is 0 Å². The summed E-state index contributed by atoms with van der Waals surface area (Å²) in [6, 6.07) is 10.5. The molecule has 182 valence electrons. The minimum Gasteiger partial charge on any atom is -0.399 e. The molecule has 0 radical (unpaired) electrons. The van der Waals surface area contributed by atoms with Crippen LogP contribution in [0, 0.1) is 29.4 Å². The van der Waals surface area contributed by atoms with E-state index in [-0.39, 0.29) is 5.56 Å². The molecule has 0 atom stereocenters. The molecule has 0 N–H and O–H groups in total. The molecule has 1 fully saturated rings. The fourth-order valence-electron chi connectivity index (χ4n) is 4.34. The molecular formula is C28H29F5O. The highest BCUT2D eigenvalue weighted by Crippen LogP contribution is 2.36. The van der Waals surface area contributed by atoms with Crippen molar-refractivity contribution in [3.8, 4) is 17.6 Å². The first-order valence-corrected chi connectivity index (χ1v) is 11.8. The summed E-state index contributed by atoms with van der Waals surface area (Å²) in [5, 5.41) is 0. The topological polar surface area (TPSA) is 9.23 Å². The fourth-order valence-corrected chi connectivity index (χ4v) is 4.34. The molecule has 1 aliphatic rings. The van der Waals surface area contributed by atoms with Gasteiger partial charge in [-0.3, -0.25) is 0 Å². The van der Waals surface area contributed by atoms with Crippen LogP contribution in [0.15, 0.2) is 48.6 Å². The maximum atomic E-state index is 13.8. The Kier molecular flexibility index (Phi) is 9.15. The molecule has 0 aromatic heterocycles. The maximum Gasteiger partial charge on any atom is 0.573 e. The molecule has 2 aromatic carbocycles. The molecule has 0 heterocycles. The van der Waals surface area contributed by atoms with Crippen LogP contribution >= 0.6 is 0 Å². The smallest absolute Gasteiger partial charge is 0.399 e. The first-order valence-electron chi connectivity index (χ1n) is 11.8. The molecule has 0 aliphatic heterocycles. The van der Waals surface area contributed by atoms with E-state index in [1.165, 1.54) is 30.4 Å². The van der Waals surface area contributed by atoms with E-state index in [2.05, 4.69) is 47.8 Å². The van der Waals surface area contributed by atoms with Crippen molar-refractivity contribution in [2.45, 2.75) is 70.6 Å². The highest BCUT2D eigenvalue weighted by molar-refractivity contribution is 5.42. The van der Waals surface area contributed by atoms with Crippen LogP contribution in [0.25, 0.3) is 0 Å². The first-order chi connectivity index (χ1) is 16.2. The zero-order valence-corrected chi connectivity index (χ0v) is 19.2. The molecular weight excluding hydrogens is 447 g/mol. The number of hydrogen-bond acceptors (Lipinski definition) is 1. The van der Waals surface area contributed by atoms with Gasteiger partial charge in [0.15, 0.2) is 11.6 Å². The maximum absolute atomic E-state index is 13.8. The summed E-state index contributed by atoms with van der Waals surface area (Å²) in [6.07, 6.45) is 7.58. The van der Waals surface area contributed by atoms with Crippen molar-refractivity contribution < 1.29 is 26.7 Å². The molecule has 6 heteroatoms. The van der Waals surface area contributed by atoms with E-state index in [1.54, 1.807) is 6.08 Å². The lowest BCUT2D eigenvalue weighted by molar-refractivity contribution is -0.276. The molecule has 34 heavy (non-hydrogen) atoms. The van der Waals surface area contributed by atoms with Crippen molar-refractivity contribution in [1.29, 1.82) is 0 Å². The Hall–Kier alpha value is -2.81. The Morgan fingerprint density at radius 2 is 1.62 bits per heavy atom. The standard InChI is InChI=1S/C28H29F5O/c1-2-3-4-7-20-10-14-23(15-11-20)24-16-12-21(13-17-24)8-5-6-9-22-18-25(29)27(26(30)19-22)34-28(31,32)33/h5,8,10-11,14-15,18-19,21,24H,2-4,7,12-13,16-17H2,1H3. The Morgan fingerprint density at radius 1 is 0.971 bits per heavy atom. The van der Waals surface area contributed by atoms with E-state index in [9.17, 15) is 22.0 Å². The van der Waals surface area contributed by atoms with E-state index in [1.807, 2.05) is 6.08 Å². The number of ether oxygens (including phenoxy) is 1. The predicted molar refractivity (Wildman–Crippen MR) is 123 cm³/mol. The summed E-state index contributed by atoms with van der Waals surface area (Å²) < 4.78 is 67.6. The van der Waals surface area contributed by atoms with Gasteiger partial charge in [-0.15, -0.1) is 13.2 Å². The van der Waals surface area contributed by atoms with Gasteiger partial charge in [0.25, 0.3) is 0 Å². The van der Waals surface area contributed by atoms with Crippen molar-refractivity contribution >= 4 is 0 Å². The highest BCUT2D eigenvalue weighted by Gasteiger charge is 2.34.